The van der Waals surface area contributed by atoms with Crippen molar-refractivity contribution in [1.29, 1.82) is 0 Å². The molecular weight excluding hydrogens is 372 g/mol. The number of hydrogen-bond acceptors (Lipinski definition) is 3. The van der Waals surface area contributed by atoms with Crippen LogP contribution in [-0.4, -0.2) is 0 Å². The van der Waals surface area contributed by atoms with E-state index in [9.17, 15) is 4.79 Å². The maximum atomic E-state index is 12.4. The Bertz CT molecular complexity index is 1470. The molecule has 0 aliphatic heterocycles. The summed E-state index contributed by atoms with van der Waals surface area (Å²) in [4.78, 5) is 12.4. The van der Waals surface area contributed by atoms with Gasteiger partial charge in [0.15, 0.2) is 0 Å². The van der Waals surface area contributed by atoms with E-state index < -0.39 is 0 Å². The molecule has 0 spiro atoms. The average molecular weight is 392 g/mol. The summed E-state index contributed by atoms with van der Waals surface area (Å²) in [6, 6.07) is 21.1. The van der Waals surface area contributed by atoms with Gasteiger partial charge < -0.3 is 8.83 Å². The molecule has 1 aliphatic carbocycles. The fraction of sp³-hybridized carbons (Fsp3) is 0.148. The fourth-order valence-corrected chi connectivity index (χ4v) is 4.79. The Morgan fingerprint density at radius 1 is 0.767 bits per heavy atom. The summed E-state index contributed by atoms with van der Waals surface area (Å²) in [7, 11) is 0. The normalized spacial score (nSPS) is 13.2. The summed E-state index contributed by atoms with van der Waals surface area (Å²) in [6.07, 6.45) is 4.56. The van der Waals surface area contributed by atoms with Crippen LogP contribution >= 0.6 is 0 Å². The lowest BCUT2D eigenvalue weighted by molar-refractivity contribution is 0.548. The Morgan fingerprint density at radius 2 is 1.47 bits per heavy atom. The first-order chi connectivity index (χ1) is 14.7. The smallest absolute Gasteiger partial charge is 0.339 e. The Kier molecular flexibility index (Phi) is 3.72. The van der Waals surface area contributed by atoms with E-state index in [-0.39, 0.29) is 5.63 Å². The summed E-state index contributed by atoms with van der Waals surface area (Å²) in [5, 5.41) is 2.12. The van der Waals surface area contributed by atoms with Gasteiger partial charge in [-0.25, -0.2) is 4.79 Å². The van der Waals surface area contributed by atoms with Gasteiger partial charge in [0, 0.05) is 27.5 Å². The average Bonchev–Trinajstić information content (AvgIpc) is 3.44. The van der Waals surface area contributed by atoms with E-state index in [1.165, 1.54) is 11.1 Å². The van der Waals surface area contributed by atoms with Crippen molar-refractivity contribution in [1.82, 2.24) is 0 Å². The molecule has 3 heteroatoms. The second-order valence-corrected chi connectivity index (χ2v) is 8.05. The van der Waals surface area contributed by atoms with Crippen molar-refractivity contribution in [3.63, 3.8) is 0 Å². The molecular formula is C27H20O3. The zero-order valence-electron chi connectivity index (χ0n) is 16.7. The first-order valence-corrected chi connectivity index (χ1v) is 10.4. The summed E-state index contributed by atoms with van der Waals surface area (Å²) in [6.45, 7) is 1.97. The first kappa shape index (κ1) is 17.3. The highest BCUT2D eigenvalue weighted by Gasteiger charge is 2.23. The van der Waals surface area contributed by atoms with Crippen LogP contribution in [0, 0.1) is 6.92 Å². The molecule has 2 heterocycles. The molecule has 0 N–H and O–H groups in total. The summed E-state index contributed by atoms with van der Waals surface area (Å²) >= 11 is 0. The van der Waals surface area contributed by atoms with Crippen molar-refractivity contribution in [2.45, 2.75) is 26.2 Å². The summed E-state index contributed by atoms with van der Waals surface area (Å²) in [5.74, 6) is 0. The van der Waals surface area contributed by atoms with Crippen molar-refractivity contribution < 1.29 is 8.83 Å². The van der Waals surface area contributed by atoms with Crippen LogP contribution in [0.15, 0.2) is 80.6 Å². The lowest BCUT2D eigenvalue weighted by Gasteiger charge is -2.08. The Hall–Kier alpha value is -3.59. The molecule has 0 fully saturated rings. The molecule has 3 nitrogen and oxygen atoms in total. The van der Waals surface area contributed by atoms with Crippen LogP contribution < -0.4 is 5.63 Å². The largest absolute Gasteiger partial charge is 0.463 e. The maximum absolute atomic E-state index is 12.4. The van der Waals surface area contributed by atoms with Gasteiger partial charge in [-0.15, -0.1) is 0 Å². The second-order valence-electron chi connectivity index (χ2n) is 8.05. The van der Waals surface area contributed by atoms with Gasteiger partial charge in [-0.1, -0.05) is 54.6 Å². The minimum Gasteiger partial charge on any atom is -0.463 e. The van der Waals surface area contributed by atoms with Crippen LogP contribution in [0.25, 0.3) is 44.2 Å². The van der Waals surface area contributed by atoms with Crippen molar-refractivity contribution in [3.05, 3.63) is 94.0 Å². The van der Waals surface area contributed by atoms with E-state index in [4.69, 9.17) is 8.83 Å². The molecule has 0 saturated heterocycles. The van der Waals surface area contributed by atoms with Crippen molar-refractivity contribution in [3.8, 4) is 22.3 Å². The highest BCUT2D eigenvalue weighted by Crippen LogP contribution is 2.39. The molecule has 6 rings (SSSR count). The van der Waals surface area contributed by atoms with E-state index in [0.29, 0.717) is 5.58 Å². The molecule has 0 atom stereocenters. The number of fused-ring (bicyclic) bond motifs is 4. The Morgan fingerprint density at radius 3 is 2.27 bits per heavy atom. The molecule has 3 aromatic carbocycles. The van der Waals surface area contributed by atoms with Gasteiger partial charge in [-0.2, -0.15) is 0 Å². The molecule has 0 radical (unpaired) electrons. The molecule has 146 valence electrons. The number of furan rings is 1. The van der Waals surface area contributed by atoms with Crippen molar-refractivity contribution >= 4 is 21.9 Å². The minimum atomic E-state index is -0.194. The zero-order valence-corrected chi connectivity index (χ0v) is 16.7. The van der Waals surface area contributed by atoms with E-state index in [0.717, 1.165) is 63.4 Å². The van der Waals surface area contributed by atoms with Gasteiger partial charge in [0.1, 0.15) is 11.2 Å². The molecule has 0 saturated carbocycles. The van der Waals surface area contributed by atoms with Gasteiger partial charge in [0.05, 0.1) is 6.26 Å². The summed E-state index contributed by atoms with van der Waals surface area (Å²) in [5.41, 5.74) is 8.70. The summed E-state index contributed by atoms with van der Waals surface area (Å²) < 4.78 is 11.7. The SMILES string of the molecule is Cc1c2occ(-c3ccc(-c4ccccc4)cc3)c2cc2c3c(c(=O)oc12)CCC3. The molecule has 2 aromatic heterocycles. The zero-order chi connectivity index (χ0) is 20.2. The lowest BCUT2D eigenvalue weighted by Crippen LogP contribution is -2.07. The van der Waals surface area contributed by atoms with Gasteiger partial charge in [-0.3, -0.25) is 0 Å². The fourth-order valence-electron chi connectivity index (χ4n) is 4.79. The van der Waals surface area contributed by atoms with Crippen LogP contribution in [-0.2, 0) is 12.8 Å². The van der Waals surface area contributed by atoms with E-state index in [1.807, 2.05) is 19.3 Å². The van der Waals surface area contributed by atoms with Crippen LogP contribution in [0.4, 0.5) is 0 Å². The monoisotopic (exact) mass is 392 g/mol. The first-order valence-electron chi connectivity index (χ1n) is 10.4. The van der Waals surface area contributed by atoms with E-state index >= 15 is 0 Å². The van der Waals surface area contributed by atoms with E-state index in [1.54, 1.807) is 0 Å². The number of benzene rings is 3. The number of rotatable bonds is 2. The third-order valence-electron chi connectivity index (χ3n) is 6.33. The molecule has 1 aliphatic rings. The van der Waals surface area contributed by atoms with Gasteiger partial charge in [0.25, 0.3) is 0 Å². The molecule has 30 heavy (non-hydrogen) atoms. The maximum Gasteiger partial charge on any atom is 0.339 e. The number of aryl methyl sites for hydroxylation is 2. The van der Waals surface area contributed by atoms with Crippen LogP contribution in [0.1, 0.15) is 23.1 Å². The Labute approximate surface area is 173 Å². The highest BCUT2D eigenvalue weighted by atomic mass is 16.4. The minimum absolute atomic E-state index is 0.194. The molecule has 0 bridgehead atoms. The third-order valence-corrected chi connectivity index (χ3v) is 6.33. The van der Waals surface area contributed by atoms with Crippen LogP contribution in [0.3, 0.4) is 0 Å². The third kappa shape index (κ3) is 2.48. The van der Waals surface area contributed by atoms with Crippen molar-refractivity contribution in [2.75, 3.05) is 0 Å². The highest BCUT2D eigenvalue weighted by molar-refractivity contribution is 6.05. The molecule has 0 amide bonds. The van der Waals surface area contributed by atoms with Gasteiger partial charge in [-0.05, 0) is 54.5 Å². The standard InChI is InChI=1S/C27H20O3/c1-16-25-23(14-22-20-8-5-9-21(20)27(28)30-26(16)22)24(15-29-25)19-12-10-18(11-13-19)17-6-3-2-4-7-17/h2-4,6-7,10-15H,5,8-9H2,1H3. The molecule has 5 aromatic rings. The second kappa shape index (κ2) is 6.46. The van der Waals surface area contributed by atoms with Crippen molar-refractivity contribution in [2.24, 2.45) is 0 Å². The predicted octanol–water partition coefficient (Wildman–Crippen LogP) is 6.67. The van der Waals surface area contributed by atoms with Crippen LogP contribution in [0.2, 0.25) is 0 Å². The predicted molar refractivity (Wildman–Crippen MR) is 120 cm³/mol. The van der Waals surface area contributed by atoms with Gasteiger partial charge in [0.2, 0.25) is 0 Å². The topological polar surface area (TPSA) is 43.4 Å². The molecule has 0 unspecified atom stereocenters. The van der Waals surface area contributed by atoms with Gasteiger partial charge >= 0.3 is 5.63 Å². The number of hydrogen-bond donors (Lipinski definition) is 0. The Balaban J connectivity index is 1.54. The van der Waals surface area contributed by atoms with E-state index in [2.05, 4.69) is 54.6 Å². The quantitative estimate of drug-likeness (QED) is 0.315. The van der Waals surface area contributed by atoms with Crippen LogP contribution in [0.5, 0.6) is 0 Å². The lowest BCUT2D eigenvalue weighted by atomic mass is 9.97.